The van der Waals surface area contributed by atoms with Crippen LogP contribution in [0.2, 0.25) is 0 Å². The Hall–Kier alpha value is -1.36. The number of nitrogens with two attached hydrogens (primary N) is 1. The number of benzene rings is 2. The zero-order valence-corrected chi connectivity index (χ0v) is 12.1. The van der Waals surface area contributed by atoms with E-state index in [9.17, 15) is 4.39 Å². The SMILES string of the molecule is Cc1ccc(C(NN)C2CSc3ccccc32)cc1F. The Labute approximate surface area is 122 Å². The highest BCUT2D eigenvalue weighted by atomic mass is 32.2. The van der Waals surface area contributed by atoms with Gasteiger partial charge in [0, 0.05) is 16.6 Å². The molecule has 0 spiro atoms. The molecule has 0 aliphatic carbocycles. The van der Waals surface area contributed by atoms with Crippen LogP contribution in [-0.2, 0) is 0 Å². The average Bonchev–Trinajstić information content (AvgIpc) is 2.88. The highest BCUT2D eigenvalue weighted by Gasteiger charge is 2.30. The topological polar surface area (TPSA) is 38.0 Å². The van der Waals surface area contributed by atoms with E-state index in [-0.39, 0.29) is 17.8 Å². The molecule has 2 aromatic carbocycles. The fraction of sp³-hybridized carbons (Fsp3) is 0.250. The van der Waals surface area contributed by atoms with E-state index in [2.05, 4.69) is 17.6 Å². The van der Waals surface area contributed by atoms with Crippen LogP contribution >= 0.6 is 11.8 Å². The van der Waals surface area contributed by atoms with Gasteiger partial charge in [-0.15, -0.1) is 11.8 Å². The first-order valence-corrected chi connectivity index (χ1v) is 7.63. The van der Waals surface area contributed by atoms with Gasteiger partial charge in [-0.3, -0.25) is 11.3 Å². The minimum Gasteiger partial charge on any atom is -0.271 e. The first-order valence-electron chi connectivity index (χ1n) is 6.64. The van der Waals surface area contributed by atoms with E-state index in [1.807, 2.05) is 36.0 Å². The van der Waals surface area contributed by atoms with Crippen LogP contribution in [0.4, 0.5) is 4.39 Å². The first-order chi connectivity index (χ1) is 9.70. The molecule has 3 N–H and O–H groups in total. The number of halogens is 1. The van der Waals surface area contributed by atoms with E-state index in [1.54, 1.807) is 13.0 Å². The van der Waals surface area contributed by atoms with Gasteiger partial charge in [-0.25, -0.2) is 4.39 Å². The largest absolute Gasteiger partial charge is 0.271 e. The molecule has 2 atom stereocenters. The first kappa shape index (κ1) is 13.6. The van der Waals surface area contributed by atoms with E-state index in [0.717, 1.165) is 11.3 Å². The number of hydrogen-bond acceptors (Lipinski definition) is 3. The molecular formula is C16H17FN2S. The van der Waals surface area contributed by atoms with Gasteiger partial charge in [0.1, 0.15) is 5.82 Å². The summed E-state index contributed by atoms with van der Waals surface area (Å²) in [5.41, 5.74) is 5.72. The summed E-state index contributed by atoms with van der Waals surface area (Å²) in [6.45, 7) is 1.77. The van der Waals surface area contributed by atoms with Crippen molar-refractivity contribution < 1.29 is 4.39 Å². The number of hydrazine groups is 1. The summed E-state index contributed by atoms with van der Waals surface area (Å²) in [4.78, 5) is 1.30. The predicted octanol–water partition coefficient (Wildman–Crippen LogP) is 3.53. The number of rotatable bonds is 3. The normalized spacial score (nSPS) is 18.9. The van der Waals surface area contributed by atoms with Crippen molar-refractivity contribution in [1.82, 2.24) is 5.43 Å². The van der Waals surface area contributed by atoms with Crippen LogP contribution in [-0.4, -0.2) is 5.75 Å². The van der Waals surface area contributed by atoms with Crippen LogP contribution in [0.1, 0.15) is 28.7 Å². The maximum Gasteiger partial charge on any atom is 0.126 e. The minimum absolute atomic E-state index is 0.0683. The van der Waals surface area contributed by atoms with Gasteiger partial charge in [0.25, 0.3) is 0 Å². The Balaban J connectivity index is 1.97. The molecule has 4 heteroatoms. The molecule has 0 bridgehead atoms. The summed E-state index contributed by atoms with van der Waals surface area (Å²) in [6, 6.07) is 13.6. The smallest absolute Gasteiger partial charge is 0.126 e. The van der Waals surface area contributed by atoms with Gasteiger partial charge in [0.05, 0.1) is 6.04 Å². The maximum atomic E-state index is 13.8. The molecule has 2 unspecified atom stereocenters. The fourth-order valence-electron chi connectivity index (χ4n) is 2.71. The fourth-order valence-corrected chi connectivity index (χ4v) is 4.00. The number of thioether (sulfide) groups is 1. The van der Waals surface area contributed by atoms with Crippen molar-refractivity contribution in [1.29, 1.82) is 0 Å². The molecule has 0 aromatic heterocycles. The van der Waals surface area contributed by atoms with Crippen molar-refractivity contribution >= 4 is 11.8 Å². The Morgan fingerprint density at radius 1 is 1.30 bits per heavy atom. The van der Waals surface area contributed by atoms with Crippen molar-refractivity contribution in [2.45, 2.75) is 23.8 Å². The predicted molar refractivity (Wildman–Crippen MR) is 81.1 cm³/mol. The molecule has 0 saturated heterocycles. The number of nitrogens with one attached hydrogen (secondary N) is 1. The van der Waals surface area contributed by atoms with Crippen molar-refractivity contribution in [3.8, 4) is 0 Å². The van der Waals surface area contributed by atoms with Gasteiger partial charge in [-0.2, -0.15) is 0 Å². The van der Waals surface area contributed by atoms with E-state index in [4.69, 9.17) is 5.84 Å². The van der Waals surface area contributed by atoms with Gasteiger partial charge in [-0.1, -0.05) is 30.3 Å². The van der Waals surface area contributed by atoms with Gasteiger partial charge >= 0.3 is 0 Å². The van der Waals surface area contributed by atoms with Crippen LogP contribution in [0, 0.1) is 12.7 Å². The monoisotopic (exact) mass is 288 g/mol. The van der Waals surface area contributed by atoms with Crippen molar-refractivity contribution in [2.24, 2.45) is 5.84 Å². The second-order valence-electron chi connectivity index (χ2n) is 5.11. The third kappa shape index (κ3) is 2.35. The molecule has 20 heavy (non-hydrogen) atoms. The third-order valence-corrected chi connectivity index (χ3v) is 5.08. The molecule has 1 aliphatic rings. The van der Waals surface area contributed by atoms with Crippen molar-refractivity contribution in [3.05, 3.63) is 65.0 Å². The molecule has 0 radical (unpaired) electrons. The number of fused-ring (bicyclic) bond motifs is 1. The summed E-state index contributed by atoms with van der Waals surface area (Å²) in [7, 11) is 0. The Bertz CT molecular complexity index is 630. The zero-order valence-electron chi connectivity index (χ0n) is 11.3. The summed E-state index contributed by atoms with van der Waals surface area (Å²) in [6.07, 6.45) is 0. The average molecular weight is 288 g/mol. The van der Waals surface area contributed by atoms with Crippen LogP contribution in [0.15, 0.2) is 47.4 Å². The van der Waals surface area contributed by atoms with E-state index >= 15 is 0 Å². The van der Waals surface area contributed by atoms with Crippen LogP contribution < -0.4 is 11.3 Å². The molecule has 2 aromatic rings. The lowest BCUT2D eigenvalue weighted by Crippen LogP contribution is -2.32. The van der Waals surface area contributed by atoms with Gasteiger partial charge in [0.2, 0.25) is 0 Å². The lowest BCUT2D eigenvalue weighted by molar-refractivity contribution is 0.481. The Morgan fingerprint density at radius 2 is 2.10 bits per heavy atom. The molecule has 0 amide bonds. The van der Waals surface area contributed by atoms with E-state index < -0.39 is 0 Å². The van der Waals surface area contributed by atoms with Crippen molar-refractivity contribution in [3.63, 3.8) is 0 Å². The van der Waals surface area contributed by atoms with Gasteiger partial charge in [-0.05, 0) is 35.7 Å². The summed E-state index contributed by atoms with van der Waals surface area (Å²) in [5, 5.41) is 0. The summed E-state index contributed by atoms with van der Waals surface area (Å²) >= 11 is 1.83. The molecule has 0 saturated carbocycles. The van der Waals surface area contributed by atoms with E-state index in [1.165, 1.54) is 10.5 Å². The molecule has 1 aliphatic heterocycles. The second kappa shape index (κ2) is 5.56. The molecule has 1 heterocycles. The second-order valence-corrected chi connectivity index (χ2v) is 6.17. The summed E-state index contributed by atoms with van der Waals surface area (Å²) < 4.78 is 13.8. The number of hydrogen-bond donors (Lipinski definition) is 2. The quantitative estimate of drug-likeness (QED) is 0.670. The maximum absolute atomic E-state index is 13.8. The highest BCUT2D eigenvalue weighted by Crippen LogP contribution is 2.45. The van der Waals surface area contributed by atoms with Crippen LogP contribution in [0.3, 0.4) is 0 Å². The van der Waals surface area contributed by atoms with Gasteiger partial charge in [0.15, 0.2) is 0 Å². The standard InChI is InChI=1S/C16H17FN2S/c1-10-6-7-11(8-14(10)17)16(19-18)13-9-20-15-5-3-2-4-12(13)15/h2-8,13,16,19H,9,18H2,1H3. The zero-order chi connectivity index (χ0) is 14.1. The molecule has 2 nitrogen and oxygen atoms in total. The molecule has 104 valence electrons. The third-order valence-electron chi connectivity index (χ3n) is 3.87. The lowest BCUT2D eigenvalue weighted by atomic mass is 9.88. The highest BCUT2D eigenvalue weighted by molar-refractivity contribution is 7.99. The lowest BCUT2D eigenvalue weighted by Gasteiger charge is -2.24. The van der Waals surface area contributed by atoms with Gasteiger partial charge < -0.3 is 0 Å². The van der Waals surface area contributed by atoms with Crippen LogP contribution in [0.25, 0.3) is 0 Å². The molecule has 0 fully saturated rings. The van der Waals surface area contributed by atoms with E-state index in [0.29, 0.717) is 5.56 Å². The summed E-state index contributed by atoms with van der Waals surface area (Å²) in [5.74, 6) is 6.80. The Kier molecular flexibility index (Phi) is 3.78. The number of aryl methyl sites for hydroxylation is 1. The van der Waals surface area contributed by atoms with Crippen LogP contribution in [0.5, 0.6) is 0 Å². The van der Waals surface area contributed by atoms with Crippen molar-refractivity contribution in [2.75, 3.05) is 5.75 Å². The Morgan fingerprint density at radius 3 is 2.85 bits per heavy atom. The minimum atomic E-state index is -0.179. The molecular weight excluding hydrogens is 271 g/mol. The molecule has 3 rings (SSSR count).